The Hall–Kier alpha value is -1.54. The Bertz CT molecular complexity index is 515. The molecule has 8 nitrogen and oxygen atoms in total. The zero-order chi connectivity index (χ0) is 21.9. The Morgan fingerprint density at radius 2 is 1.90 bits per heavy atom. The minimum absolute atomic E-state index is 0.384. The summed E-state index contributed by atoms with van der Waals surface area (Å²) >= 11 is 0. The van der Waals surface area contributed by atoms with Crippen LogP contribution in [-0.2, 0) is 9.47 Å². The van der Waals surface area contributed by atoms with Gasteiger partial charge in [-0.3, -0.25) is 9.89 Å². The van der Waals surface area contributed by atoms with Crippen LogP contribution in [0.4, 0.5) is 4.79 Å². The predicted octanol–water partition coefficient (Wildman–Crippen LogP) is 2.35. The number of aliphatic imine (C=N–C) groups is 1. The van der Waals surface area contributed by atoms with Crippen LogP contribution in [0.2, 0.25) is 0 Å². The van der Waals surface area contributed by atoms with E-state index in [2.05, 4.69) is 39.7 Å². The highest BCUT2D eigenvalue weighted by molar-refractivity contribution is 5.80. The van der Waals surface area contributed by atoms with Gasteiger partial charge in [-0.2, -0.15) is 0 Å². The molecular formula is C21H43N5O3. The van der Waals surface area contributed by atoms with Gasteiger partial charge < -0.3 is 25.4 Å². The molecule has 0 bridgehead atoms. The molecular weight excluding hydrogens is 370 g/mol. The molecule has 8 heteroatoms. The summed E-state index contributed by atoms with van der Waals surface area (Å²) in [5.41, 5.74) is -0.907. The Kier molecular flexibility index (Phi) is 10.7. The summed E-state index contributed by atoms with van der Waals surface area (Å²) in [5, 5.41) is 9.90. The van der Waals surface area contributed by atoms with Gasteiger partial charge in [0.15, 0.2) is 5.96 Å². The van der Waals surface area contributed by atoms with E-state index in [0.717, 1.165) is 45.0 Å². The third-order valence-corrected chi connectivity index (χ3v) is 5.52. The summed E-state index contributed by atoms with van der Waals surface area (Å²) in [6.07, 6.45) is 3.60. The van der Waals surface area contributed by atoms with Gasteiger partial charge in [-0.15, -0.1) is 0 Å². The molecule has 29 heavy (non-hydrogen) atoms. The number of hydrogen-bond donors (Lipinski definition) is 3. The van der Waals surface area contributed by atoms with Crippen molar-refractivity contribution in [3.63, 3.8) is 0 Å². The van der Waals surface area contributed by atoms with Crippen molar-refractivity contribution >= 4 is 12.1 Å². The summed E-state index contributed by atoms with van der Waals surface area (Å²) in [5.74, 6) is 0.751. The molecule has 170 valence electrons. The van der Waals surface area contributed by atoms with Crippen LogP contribution >= 0.6 is 0 Å². The fourth-order valence-electron chi connectivity index (χ4n) is 3.56. The van der Waals surface area contributed by atoms with Gasteiger partial charge >= 0.3 is 6.09 Å². The quantitative estimate of drug-likeness (QED) is 0.376. The fourth-order valence-corrected chi connectivity index (χ4v) is 3.56. The number of carbonyl (C=O) groups excluding carboxylic acids is 1. The lowest BCUT2D eigenvalue weighted by atomic mass is 9.93. The molecule has 0 saturated carbocycles. The van der Waals surface area contributed by atoms with Crippen LogP contribution in [0.15, 0.2) is 4.99 Å². The molecule has 1 atom stereocenters. The van der Waals surface area contributed by atoms with Gasteiger partial charge in [0, 0.05) is 39.8 Å². The van der Waals surface area contributed by atoms with E-state index < -0.39 is 11.1 Å². The van der Waals surface area contributed by atoms with Crippen LogP contribution in [0.5, 0.6) is 0 Å². The van der Waals surface area contributed by atoms with Crippen LogP contribution in [0.25, 0.3) is 0 Å². The van der Waals surface area contributed by atoms with Crippen LogP contribution in [-0.4, -0.2) is 81.1 Å². The predicted molar refractivity (Wildman–Crippen MR) is 119 cm³/mol. The van der Waals surface area contributed by atoms with Crippen LogP contribution in [0, 0.1) is 0 Å². The number of guanidine groups is 1. The molecule has 0 spiro atoms. The number of alkyl carbamates (subject to hydrolysis) is 1. The van der Waals surface area contributed by atoms with Crippen molar-refractivity contribution in [2.45, 2.75) is 77.5 Å². The highest BCUT2D eigenvalue weighted by Crippen LogP contribution is 2.17. The SMILES string of the molecule is CCC(CC)(CNC(=NC)NCC1CCCN1CCOC)NC(=O)OC(C)(C)C. The molecule has 1 saturated heterocycles. The number of amides is 1. The van der Waals surface area contributed by atoms with Crippen molar-refractivity contribution < 1.29 is 14.3 Å². The molecule has 0 aromatic rings. The third-order valence-electron chi connectivity index (χ3n) is 5.52. The fraction of sp³-hybridized carbons (Fsp3) is 0.905. The van der Waals surface area contributed by atoms with E-state index in [1.807, 2.05) is 20.8 Å². The molecule has 0 aromatic heterocycles. The standard InChI is InChI=1S/C21H43N5O3/c1-8-21(9-2,25-19(27)29-20(3,4)5)16-24-18(22-6)23-15-17-11-10-12-26(17)13-14-28-7/h17H,8-16H2,1-7H3,(H,25,27)(H2,22,23,24). The molecule has 1 amide bonds. The lowest BCUT2D eigenvalue weighted by Gasteiger charge is -2.34. The number of carbonyl (C=O) groups is 1. The first-order valence-corrected chi connectivity index (χ1v) is 10.9. The number of ether oxygens (including phenoxy) is 2. The van der Waals surface area contributed by atoms with Crippen LogP contribution in [0.3, 0.4) is 0 Å². The van der Waals surface area contributed by atoms with Crippen molar-refractivity contribution in [3.8, 4) is 0 Å². The van der Waals surface area contributed by atoms with Crippen molar-refractivity contribution in [1.29, 1.82) is 0 Å². The maximum Gasteiger partial charge on any atom is 0.408 e. The number of nitrogens with one attached hydrogen (secondary N) is 3. The normalized spacial score (nSPS) is 18.6. The van der Waals surface area contributed by atoms with E-state index in [1.54, 1.807) is 14.2 Å². The summed E-state index contributed by atoms with van der Waals surface area (Å²) in [4.78, 5) is 19.1. The van der Waals surface area contributed by atoms with Gasteiger partial charge in [0.1, 0.15) is 5.60 Å². The summed E-state index contributed by atoms with van der Waals surface area (Å²) in [6.45, 7) is 14.0. The summed E-state index contributed by atoms with van der Waals surface area (Å²) in [7, 11) is 3.52. The van der Waals surface area contributed by atoms with Crippen molar-refractivity contribution in [3.05, 3.63) is 0 Å². The Morgan fingerprint density at radius 1 is 1.21 bits per heavy atom. The molecule has 1 aliphatic rings. The molecule has 0 radical (unpaired) electrons. The first kappa shape index (κ1) is 25.5. The Morgan fingerprint density at radius 3 is 2.45 bits per heavy atom. The first-order valence-electron chi connectivity index (χ1n) is 10.9. The molecule has 1 heterocycles. The third kappa shape index (κ3) is 9.21. The van der Waals surface area contributed by atoms with Gasteiger partial charge in [0.2, 0.25) is 0 Å². The average Bonchev–Trinajstić information content (AvgIpc) is 3.11. The highest BCUT2D eigenvalue weighted by atomic mass is 16.6. The minimum Gasteiger partial charge on any atom is -0.444 e. The number of hydrogen-bond acceptors (Lipinski definition) is 5. The maximum absolute atomic E-state index is 12.3. The van der Waals surface area contributed by atoms with E-state index in [4.69, 9.17) is 9.47 Å². The molecule has 1 unspecified atom stereocenters. The van der Waals surface area contributed by atoms with E-state index >= 15 is 0 Å². The van der Waals surface area contributed by atoms with Gasteiger partial charge in [0.25, 0.3) is 0 Å². The van der Waals surface area contributed by atoms with Gasteiger partial charge in [0.05, 0.1) is 12.1 Å². The van der Waals surface area contributed by atoms with Crippen molar-refractivity contribution in [2.75, 3.05) is 46.9 Å². The smallest absolute Gasteiger partial charge is 0.408 e. The number of likely N-dealkylation sites (tertiary alicyclic amines) is 1. The molecule has 1 fully saturated rings. The van der Waals surface area contributed by atoms with Gasteiger partial charge in [-0.05, 0) is 53.0 Å². The Labute approximate surface area is 177 Å². The molecule has 1 aliphatic heterocycles. The molecule has 0 aliphatic carbocycles. The van der Waals surface area contributed by atoms with Gasteiger partial charge in [-0.1, -0.05) is 13.8 Å². The largest absolute Gasteiger partial charge is 0.444 e. The van der Waals surface area contributed by atoms with Crippen molar-refractivity contribution in [1.82, 2.24) is 20.9 Å². The summed E-state index contributed by atoms with van der Waals surface area (Å²) in [6, 6.07) is 0.491. The van der Waals surface area contributed by atoms with Gasteiger partial charge in [-0.25, -0.2) is 4.79 Å². The van der Waals surface area contributed by atoms with E-state index in [-0.39, 0.29) is 6.09 Å². The number of nitrogens with zero attached hydrogens (tertiary/aromatic N) is 2. The molecule has 0 aromatic carbocycles. The second-order valence-corrected chi connectivity index (χ2v) is 8.75. The highest BCUT2D eigenvalue weighted by Gasteiger charge is 2.31. The average molecular weight is 414 g/mol. The zero-order valence-electron chi connectivity index (χ0n) is 19.6. The van der Waals surface area contributed by atoms with E-state index in [1.165, 1.54) is 12.8 Å². The topological polar surface area (TPSA) is 87.2 Å². The minimum atomic E-state index is -0.516. The molecule has 3 N–H and O–H groups in total. The maximum atomic E-state index is 12.3. The van der Waals surface area contributed by atoms with E-state index in [9.17, 15) is 4.79 Å². The lowest BCUT2D eigenvalue weighted by Crippen LogP contribution is -2.57. The lowest BCUT2D eigenvalue weighted by molar-refractivity contribution is 0.0448. The zero-order valence-corrected chi connectivity index (χ0v) is 19.6. The monoisotopic (exact) mass is 413 g/mol. The van der Waals surface area contributed by atoms with Crippen LogP contribution in [0.1, 0.15) is 60.3 Å². The van der Waals surface area contributed by atoms with Crippen LogP contribution < -0.4 is 16.0 Å². The Balaban J connectivity index is 2.57. The number of rotatable bonds is 10. The summed E-state index contributed by atoms with van der Waals surface area (Å²) < 4.78 is 10.7. The van der Waals surface area contributed by atoms with Crippen molar-refractivity contribution in [2.24, 2.45) is 4.99 Å². The second kappa shape index (κ2) is 12.2. The molecule has 1 rings (SSSR count). The number of methoxy groups -OCH3 is 1. The second-order valence-electron chi connectivity index (χ2n) is 8.75. The first-order chi connectivity index (χ1) is 13.7. The van der Waals surface area contributed by atoms with E-state index in [0.29, 0.717) is 12.6 Å².